The second-order valence-corrected chi connectivity index (χ2v) is 13.8. The summed E-state index contributed by atoms with van der Waals surface area (Å²) in [4.78, 5) is 33.6. The van der Waals surface area contributed by atoms with E-state index in [1.165, 1.54) is 0 Å². The highest BCUT2D eigenvalue weighted by Crippen LogP contribution is 2.33. The normalized spacial score (nSPS) is 12.1. The predicted octanol–water partition coefficient (Wildman–Crippen LogP) is 10.6. The van der Waals surface area contributed by atoms with Crippen LogP contribution in [0.5, 0.6) is 0 Å². The number of nitrogens with zero attached hydrogens (tertiary/aromatic N) is 9. The highest BCUT2D eigenvalue weighted by molar-refractivity contribution is 6.09. The highest BCUT2D eigenvalue weighted by Gasteiger charge is 2.16. The molecule has 10 rings (SSSR count). The first kappa shape index (κ1) is 35.1. The Balaban J connectivity index is 0.927. The van der Waals surface area contributed by atoms with Crippen LogP contribution in [0.25, 0.3) is 66.6 Å². The molecule has 0 aliphatic rings. The number of anilines is 3. The summed E-state index contributed by atoms with van der Waals surface area (Å²) < 4.78 is 4.28. The molecule has 8 aromatic heterocycles. The molecule has 0 bridgehead atoms. The number of para-hydroxylation sites is 2. The lowest BCUT2D eigenvalue weighted by molar-refractivity contribution is 1.06. The van der Waals surface area contributed by atoms with E-state index >= 15 is 0 Å². The minimum Gasteiger partial charge on any atom is -0.337 e. The second-order valence-electron chi connectivity index (χ2n) is 13.8. The second kappa shape index (κ2) is 15.0. The van der Waals surface area contributed by atoms with Crippen molar-refractivity contribution < 1.29 is 0 Å². The fraction of sp³-hybridized carbons (Fsp3) is 0.0208. The topological polar surface area (TPSA) is 124 Å². The minimum absolute atomic E-state index is 0.538. The molecular weight excluding hydrogens is 731 g/mol. The molecular formula is C48H35N11. The molecule has 11 heteroatoms. The molecule has 2 aromatic carbocycles. The number of pyridine rings is 6. The number of aromatic nitrogens is 8. The van der Waals surface area contributed by atoms with Crippen molar-refractivity contribution in [2.75, 3.05) is 10.6 Å². The molecule has 0 aliphatic carbocycles. The molecule has 282 valence electrons. The van der Waals surface area contributed by atoms with Crippen LogP contribution in [0, 0.1) is 0 Å². The van der Waals surface area contributed by atoms with Gasteiger partial charge in [0.2, 0.25) is 0 Å². The third kappa shape index (κ3) is 6.52. The van der Waals surface area contributed by atoms with Crippen molar-refractivity contribution in [1.82, 2.24) is 39.0 Å². The van der Waals surface area contributed by atoms with Crippen LogP contribution in [0.15, 0.2) is 188 Å². The zero-order valence-electron chi connectivity index (χ0n) is 31.9. The van der Waals surface area contributed by atoms with Gasteiger partial charge >= 0.3 is 0 Å². The Morgan fingerprint density at radius 3 is 1.90 bits per heavy atom. The van der Waals surface area contributed by atoms with Crippen LogP contribution in [0.3, 0.4) is 0 Å². The molecule has 8 heterocycles. The van der Waals surface area contributed by atoms with Gasteiger partial charge < -0.3 is 10.6 Å². The van der Waals surface area contributed by atoms with Gasteiger partial charge in [0.25, 0.3) is 0 Å². The Bertz CT molecular complexity index is 3180. The maximum atomic E-state index is 5.09. The quantitative estimate of drug-likeness (QED) is 0.104. The monoisotopic (exact) mass is 765 g/mol. The van der Waals surface area contributed by atoms with Crippen LogP contribution in [-0.4, -0.2) is 44.7 Å². The molecule has 0 saturated heterocycles. The van der Waals surface area contributed by atoms with Gasteiger partial charge in [-0.1, -0.05) is 67.3 Å². The van der Waals surface area contributed by atoms with E-state index in [1.807, 2.05) is 129 Å². The predicted molar refractivity (Wildman–Crippen MR) is 238 cm³/mol. The summed E-state index contributed by atoms with van der Waals surface area (Å²) in [7, 11) is 0. The lowest BCUT2D eigenvalue weighted by Gasteiger charge is -2.14. The molecule has 0 atom stereocenters. The van der Waals surface area contributed by atoms with Gasteiger partial charge in [-0.2, -0.15) is 0 Å². The van der Waals surface area contributed by atoms with Gasteiger partial charge in [0, 0.05) is 40.1 Å². The van der Waals surface area contributed by atoms with Gasteiger partial charge in [-0.25, -0.2) is 24.9 Å². The van der Waals surface area contributed by atoms with E-state index in [2.05, 4.69) is 71.6 Å². The number of benzene rings is 2. The molecule has 0 spiro atoms. The fourth-order valence-corrected chi connectivity index (χ4v) is 7.54. The van der Waals surface area contributed by atoms with E-state index < -0.39 is 0 Å². The summed E-state index contributed by atoms with van der Waals surface area (Å²) in [6.45, 7) is 5.88. The molecule has 0 radical (unpaired) electrons. The number of aliphatic imine (C=N–C) groups is 1. The van der Waals surface area contributed by atoms with Gasteiger partial charge in [0.15, 0.2) is 5.82 Å². The highest BCUT2D eigenvalue weighted by atomic mass is 15.1. The SMILES string of the molecule is C=C/C=C(\N=C(C)c1cccc(-n2c3ccccc3c3ccncc32)n1)Nc1ncccc1Nc1cccc(-c2cccc(-n3c4ccccc4c4ccncc43)n2)n1. The maximum Gasteiger partial charge on any atom is 0.155 e. The first-order chi connectivity index (χ1) is 29.1. The molecule has 2 N–H and O–H groups in total. The fourth-order valence-electron chi connectivity index (χ4n) is 7.54. The van der Waals surface area contributed by atoms with E-state index in [-0.39, 0.29) is 0 Å². The summed E-state index contributed by atoms with van der Waals surface area (Å²) >= 11 is 0. The van der Waals surface area contributed by atoms with Crippen molar-refractivity contribution in [3.8, 4) is 23.0 Å². The van der Waals surface area contributed by atoms with E-state index in [0.717, 1.165) is 66.6 Å². The Kier molecular flexibility index (Phi) is 8.92. The van der Waals surface area contributed by atoms with Crippen LogP contribution >= 0.6 is 0 Å². The molecule has 0 aliphatic heterocycles. The summed E-state index contributed by atoms with van der Waals surface area (Å²) in [5, 5.41) is 11.4. The average Bonchev–Trinajstić information content (AvgIpc) is 3.80. The standard InChI is InChI=1S/C48H35N11/c1-3-12-44(52-31(2)36-15-9-22-46(55-36)58-40-19-6-4-13-32(40)34-24-27-49-29-42(34)58)57-48-39(18-11-26-51-48)54-45-21-8-16-37(53-45)38-17-10-23-47(56-38)59-41-20-7-5-14-33(41)35-25-28-50-30-43(35)59/h3-30H,1H2,2H3,(H,51,57)(H,53,54)/b44-12+,52-31?. The van der Waals surface area contributed by atoms with Crippen LogP contribution < -0.4 is 10.6 Å². The van der Waals surface area contributed by atoms with Crippen molar-refractivity contribution in [3.05, 3.63) is 189 Å². The number of hydrogen-bond acceptors (Lipinski definition) is 9. The lowest BCUT2D eigenvalue weighted by atomic mass is 10.2. The van der Waals surface area contributed by atoms with Crippen molar-refractivity contribution in [1.29, 1.82) is 0 Å². The summed E-state index contributed by atoms with van der Waals surface area (Å²) in [6.07, 6.45) is 12.6. The van der Waals surface area contributed by atoms with E-state index in [4.69, 9.17) is 19.9 Å². The average molecular weight is 766 g/mol. The van der Waals surface area contributed by atoms with Crippen LogP contribution in [0.1, 0.15) is 12.6 Å². The molecule has 11 nitrogen and oxygen atoms in total. The number of allylic oxidation sites excluding steroid dienone is 2. The first-order valence-corrected chi connectivity index (χ1v) is 19.1. The lowest BCUT2D eigenvalue weighted by Crippen LogP contribution is -2.08. The summed E-state index contributed by atoms with van der Waals surface area (Å²) in [5.41, 5.74) is 7.68. The Hall–Kier alpha value is -8.31. The van der Waals surface area contributed by atoms with Gasteiger partial charge in [-0.15, -0.1) is 0 Å². The van der Waals surface area contributed by atoms with E-state index in [1.54, 1.807) is 18.3 Å². The molecule has 0 unspecified atom stereocenters. The van der Waals surface area contributed by atoms with Crippen molar-refractivity contribution >= 4 is 66.6 Å². The van der Waals surface area contributed by atoms with Crippen LogP contribution in [0.2, 0.25) is 0 Å². The molecule has 10 aromatic rings. The number of nitrogens with one attached hydrogen (secondary N) is 2. The van der Waals surface area contributed by atoms with Crippen LogP contribution in [-0.2, 0) is 0 Å². The Morgan fingerprint density at radius 2 is 1.20 bits per heavy atom. The summed E-state index contributed by atoms with van der Waals surface area (Å²) in [6, 6.07) is 42.3. The van der Waals surface area contributed by atoms with E-state index in [0.29, 0.717) is 34.5 Å². The Labute approximate surface area is 338 Å². The van der Waals surface area contributed by atoms with E-state index in [9.17, 15) is 0 Å². The Morgan fingerprint density at radius 1 is 0.593 bits per heavy atom. The van der Waals surface area contributed by atoms with Gasteiger partial charge in [-0.3, -0.25) is 19.1 Å². The molecule has 0 amide bonds. The van der Waals surface area contributed by atoms with Gasteiger partial charge in [-0.05, 0) is 85.8 Å². The molecule has 0 fully saturated rings. The van der Waals surface area contributed by atoms with Crippen molar-refractivity contribution in [2.24, 2.45) is 4.99 Å². The maximum absolute atomic E-state index is 5.09. The largest absolute Gasteiger partial charge is 0.337 e. The number of hydrogen-bond donors (Lipinski definition) is 2. The number of fused-ring (bicyclic) bond motifs is 6. The summed E-state index contributed by atoms with van der Waals surface area (Å²) in [5.74, 6) is 3.28. The molecule has 0 saturated carbocycles. The molecule has 59 heavy (non-hydrogen) atoms. The van der Waals surface area contributed by atoms with Crippen molar-refractivity contribution in [3.63, 3.8) is 0 Å². The van der Waals surface area contributed by atoms with Crippen molar-refractivity contribution in [2.45, 2.75) is 6.92 Å². The van der Waals surface area contributed by atoms with Crippen LogP contribution in [0.4, 0.5) is 17.3 Å². The first-order valence-electron chi connectivity index (χ1n) is 19.1. The zero-order valence-corrected chi connectivity index (χ0v) is 31.9. The van der Waals surface area contributed by atoms with Gasteiger partial charge in [0.1, 0.15) is 23.3 Å². The third-order valence-electron chi connectivity index (χ3n) is 10.1. The number of rotatable bonds is 10. The minimum atomic E-state index is 0.538. The third-order valence-corrected chi connectivity index (χ3v) is 10.1. The zero-order chi connectivity index (χ0) is 39.7. The smallest absolute Gasteiger partial charge is 0.155 e. The van der Waals surface area contributed by atoms with Gasteiger partial charge in [0.05, 0.1) is 62.9 Å².